The van der Waals surface area contributed by atoms with Crippen molar-refractivity contribution in [2.45, 2.75) is 39.5 Å². The summed E-state index contributed by atoms with van der Waals surface area (Å²) >= 11 is 0. The van der Waals surface area contributed by atoms with Crippen LogP contribution in [0.5, 0.6) is 0 Å². The lowest BCUT2D eigenvalue weighted by atomic mass is 9.61. The first kappa shape index (κ1) is 8.06. The zero-order chi connectivity index (χ0) is 7.61. The molecule has 1 aliphatic rings. The van der Waals surface area contributed by atoms with Gasteiger partial charge in [0.05, 0.1) is 0 Å². The van der Waals surface area contributed by atoms with Crippen LogP contribution in [0.1, 0.15) is 39.5 Å². The SMILES string of the molecule is CCCC1(C)CC(CO)C1. The fourth-order valence-corrected chi connectivity index (χ4v) is 2.27. The molecule has 0 amide bonds. The highest BCUT2D eigenvalue weighted by atomic mass is 16.3. The zero-order valence-corrected chi connectivity index (χ0v) is 7.06. The monoisotopic (exact) mass is 142 g/mol. The molecule has 0 aromatic heterocycles. The third-order valence-corrected chi connectivity index (χ3v) is 2.67. The van der Waals surface area contributed by atoms with Gasteiger partial charge in [0.2, 0.25) is 0 Å². The molecule has 0 aromatic carbocycles. The van der Waals surface area contributed by atoms with Crippen molar-refractivity contribution in [1.29, 1.82) is 0 Å². The van der Waals surface area contributed by atoms with Gasteiger partial charge in [-0.3, -0.25) is 0 Å². The number of aliphatic hydroxyl groups excluding tert-OH is 1. The summed E-state index contributed by atoms with van der Waals surface area (Å²) in [6, 6.07) is 0. The Morgan fingerprint density at radius 1 is 1.50 bits per heavy atom. The minimum Gasteiger partial charge on any atom is -0.396 e. The summed E-state index contributed by atoms with van der Waals surface area (Å²) in [5.41, 5.74) is 0.585. The Balaban J connectivity index is 2.20. The van der Waals surface area contributed by atoms with Gasteiger partial charge in [-0.1, -0.05) is 20.3 Å². The number of rotatable bonds is 3. The molecule has 1 rings (SSSR count). The average Bonchev–Trinajstić information content (AvgIpc) is 1.83. The molecule has 1 fully saturated rings. The Bertz CT molecular complexity index is 103. The van der Waals surface area contributed by atoms with Gasteiger partial charge in [0.1, 0.15) is 0 Å². The van der Waals surface area contributed by atoms with Crippen LogP contribution in [-0.4, -0.2) is 11.7 Å². The number of hydrogen-bond acceptors (Lipinski definition) is 1. The third-order valence-electron chi connectivity index (χ3n) is 2.67. The van der Waals surface area contributed by atoms with Crippen LogP contribution in [0.3, 0.4) is 0 Å². The summed E-state index contributed by atoms with van der Waals surface area (Å²) in [6.45, 7) is 4.97. The first-order valence-corrected chi connectivity index (χ1v) is 4.31. The van der Waals surface area contributed by atoms with Crippen LogP contribution in [0.15, 0.2) is 0 Å². The molecule has 0 radical (unpaired) electrons. The lowest BCUT2D eigenvalue weighted by molar-refractivity contribution is 0.0241. The molecule has 0 unspecified atom stereocenters. The Labute approximate surface area is 63.4 Å². The van der Waals surface area contributed by atoms with Crippen molar-refractivity contribution in [3.05, 3.63) is 0 Å². The van der Waals surface area contributed by atoms with Gasteiger partial charge in [-0.2, -0.15) is 0 Å². The van der Waals surface area contributed by atoms with E-state index in [2.05, 4.69) is 13.8 Å². The summed E-state index contributed by atoms with van der Waals surface area (Å²) < 4.78 is 0. The molecule has 0 atom stereocenters. The van der Waals surface area contributed by atoms with E-state index in [1.165, 1.54) is 25.7 Å². The highest BCUT2D eigenvalue weighted by molar-refractivity contribution is 4.89. The zero-order valence-electron chi connectivity index (χ0n) is 7.06. The summed E-state index contributed by atoms with van der Waals surface area (Å²) in [5, 5.41) is 8.79. The van der Waals surface area contributed by atoms with Gasteiger partial charge in [0, 0.05) is 6.61 Å². The van der Waals surface area contributed by atoms with E-state index in [9.17, 15) is 0 Å². The lowest BCUT2D eigenvalue weighted by Crippen LogP contribution is -2.36. The van der Waals surface area contributed by atoms with Crippen molar-refractivity contribution < 1.29 is 5.11 Å². The molecule has 10 heavy (non-hydrogen) atoms. The maximum atomic E-state index is 8.79. The van der Waals surface area contributed by atoms with Crippen molar-refractivity contribution in [2.75, 3.05) is 6.61 Å². The van der Waals surface area contributed by atoms with E-state index in [0.717, 1.165) is 0 Å². The van der Waals surface area contributed by atoms with Gasteiger partial charge in [-0.05, 0) is 30.6 Å². The average molecular weight is 142 g/mol. The smallest absolute Gasteiger partial charge is 0.0459 e. The number of aliphatic hydroxyl groups is 1. The van der Waals surface area contributed by atoms with E-state index in [-0.39, 0.29) is 0 Å². The van der Waals surface area contributed by atoms with Crippen molar-refractivity contribution in [3.63, 3.8) is 0 Å². The Kier molecular flexibility index (Phi) is 2.35. The fourth-order valence-electron chi connectivity index (χ4n) is 2.27. The first-order chi connectivity index (χ1) is 4.70. The van der Waals surface area contributed by atoms with Crippen molar-refractivity contribution >= 4 is 0 Å². The van der Waals surface area contributed by atoms with E-state index in [4.69, 9.17) is 5.11 Å². The summed E-state index contributed by atoms with van der Waals surface area (Å²) in [6.07, 6.45) is 5.12. The van der Waals surface area contributed by atoms with E-state index in [1.807, 2.05) is 0 Å². The molecule has 0 saturated heterocycles. The quantitative estimate of drug-likeness (QED) is 0.640. The molecule has 0 aromatic rings. The molecule has 0 bridgehead atoms. The van der Waals surface area contributed by atoms with Crippen LogP contribution in [0, 0.1) is 11.3 Å². The summed E-state index contributed by atoms with van der Waals surface area (Å²) in [4.78, 5) is 0. The van der Waals surface area contributed by atoms with E-state index >= 15 is 0 Å². The predicted octanol–water partition coefficient (Wildman–Crippen LogP) is 2.20. The maximum Gasteiger partial charge on any atom is 0.0459 e. The second kappa shape index (κ2) is 2.91. The Morgan fingerprint density at radius 3 is 2.50 bits per heavy atom. The molecule has 1 N–H and O–H groups in total. The van der Waals surface area contributed by atoms with Gasteiger partial charge >= 0.3 is 0 Å². The van der Waals surface area contributed by atoms with Crippen LogP contribution in [0.25, 0.3) is 0 Å². The maximum absolute atomic E-state index is 8.79. The van der Waals surface area contributed by atoms with Crippen LogP contribution in [0.4, 0.5) is 0 Å². The highest BCUT2D eigenvalue weighted by Crippen LogP contribution is 2.48. The molecule has 1 heteroatoms. The van der Waals surface area contributed by atoms with Crippen LogP contribution >= 0.6 is 0 Å². The number of hydrogen-bond donors (Lipinski definition) is 1. The molecule has 0 spiro atoms. The van der Waals surface area contributed by atoms with Crippen LogP contribution in [0.2, 0.25) is 0 Å². The van der Waals surface area contributed by atoms with Gasteiger partial charge in [-0.25, -0.2) is 0 Å². The molecule has 0 heterocycles. The van der Waals surface area contributed by atoms with E-state index < -0.39 is 0 Å². The van der Waals surface area contributed by atoms with Gasteiger partial charge < -0.3 is 5.11 Å². The first-order valence-electron chi connectivity index (χ1n) is 4.31. The molecule has 1 saturated carbocycles. The van der Waals surface area contributed by atoms with Gasteiger partial charge in [-0.15, -0.1) is 0 Å². The van der Waals surface area contributed by atoms with E-state index in [0.29, 0.717) is 17.9 Å². The summed E-state index contributed by atoms with van der Waals surface area (Å²) in [5.74, 6) is 0.622. The van der Waals surface area contributed by atoms with Crippen LogP contribution < -0.4 is 0 Å². The van der Waals surface area contributed by atoms with E-state index in [1.54, 1.807) is 0 Å². The highest BCUT2D eigenvalue weighted by Gasteiger charge is 2.38. The molecular formula is C9H18O. The molecular weight excluding hydrogens is 124 g/mol. The van der Waals surface area contributed by atoms with Gasteiger partial charge in [0.25, 0.3) is 0 Å². The second-order valence-corrected chi connectivity index (χ2v) is 4.02. The van der Waals surface area contributed by atoms with Crippen molar-refractivity contribution in [3.8, 4) is 0 Å². The summed E-state index contributed by atoms with van der Waals surface area (Å²) in [7, 11) is 0. The largest absolute Gasteiger partial charge is 0.396 e. The van der Waals surface area contributed by atoms with Crippen molar-refractivity contribution in [2.24, 2.45) is 11.3 Å². The lowest BCUT2D eigenvalue weighted by Gasteiger charge is -2.44. The third kappa shape index (κ3) is 1.51. The predicted molar refractivity (Wildman–Crippen MR) is 42.8 cm³/mol. The minimum atomic E-state index is 0.402. The molecule has 60 valence electrons. The molecule has 0 aliphatic heterocycles. The fraction of sp³-hybridized carbons (Fsp3) is 1.00. The standard InChI is InChI=1S/C9H18O/c1-3-4-9(2)5-8(6-9)7-10/h8,10H,3-7H2,1-2H3. The molecule has 1 nitrogen and oxygen atoms in total. The Morgan fingerprint density at radius 2 is 2.10 bits per heavy atom. The van der Waals surface area contributed by atoms with Crippen molar-refractivity contribution in [1.82, 2.24) is 0 Å². The topological polar surface area (TPSA) is 20.2 Å². The second-order valence-electron chi connectivity index (χ2n) is 4.02. The van der Waals surface area contributed by atoms with Crippen LogP contribution in [-0.2, 0) is 0 Å². The molecule has 1 aliphatic carbocycles. The minimum absolute atomic E-state index is 0.402. The van der Waals surface area contributed by atoms with Gasteiger partial charge in [0.15, 0.2) is 0 Å². The normalized spacial score (nSPS) is 39.3. The Hall–Kier alpha value is -0.0400.